The molecule has 3 rings (SSSR count). The van der Waals surface area contributed by atoms with E-state index < -0.39 is 0 Å². The van der Waals surface area contributed by atoms with Crippen molar-refractivity contribution in [3.05, 3.63) is 29.5 Å². The molecule has 1 fully saturated rings. The van der Waals surface area contributed by atoms with Crippen LogP contribution in [-0.2, 0) is 11.3 Å². The molecule has 0 spiro atoms. The summed E-state index contributed by atoms with van der Waals surface area (Å²) in [5.41, 5.74) is 1.04. The number of carbonyl (C=O) groups is 1. The van der Waals surface area contributed by atoms with Gasteiger partial charge in [0.05, 0.1) is 5.69 Å². The predicted molar refractivity (Wildman–Crippen MR) is 85.3 cm³/mol. The van der Waals surface area contributed by atoms with E-state index in [1.54, 1.807) is 36.7 Å². The second kappa shape index (κ2) is 6.93. The first-order valence-electron chi connectivity index (χ1n) is 7.42. The molecule has 3 heterocycles. The summed E-state index contributed by atoms with van der Waals surface area (Å²) in [7, 11) is 0. The highest BCUT2D eigenvalue weighted by Gasteiger charge is 2.21. The van der Waals surface area contributed by atoms with Gasteiger partial charge in [-0.25, -0.2) is 15.0 Å². The molecule has 0 radical (unpaired) electrons. The summed E-state index contributed by atoms with van der Waals surface area (Å²) in [6, 6.07) is 2.05. The number of amides is 1. The molecule has 0 bridgehead atoms. The molecule has 0 unspecified atom stereocenters. The van der Waals surface area contributed by atoms with Gasteiger partial charge in [0.1, 0.15) is 0 Å². The number of hydrogen-bond donors (Lipinski definition) is 1. The standard InChI is InChI=1S/C15H19N5OS/c1-11(21)18-12-4-2-7-20(8-12)9-13-10-22-15(19-13)14-16-5-3-6-17-14/h3,5-6,10,12H,2,4,7-9H2,1H3,(H,18,21)/t12-/m0/s1. The molecule has 1 amide bonds. The van der Waals surface area contributed by atoms with E-state index in [9.17, 15) is 4.79 Å². The molecule has 116 valence electrons. The topological polar surface area (TPSA) is 71.0 Å². The lowest BCUT2D eigenvalue weighted by atomic mass is 10.1. The third kappa shape index (κ3) is 3.86. The molecule has 1 saturated heterocycles. The summed E-state index contributed by atoms with van der Waals surface area (Å²) in [6.45, 7) is 4.31. The Hall–Kier alpha value is -1.86. The van der Waals surface area contributed by atoms with Crippen LogP contribution < -0.4 is 5.32 Å². The molecule has 0 aliphatic carbocycles. The maximum Gasteiger partial charge on any atom is 0.217 e. The Labute approximate surface area is 133 Å². The van der Waals surface area contributed by atoms with Crippen LogP contribution in [0.15, 0.2) is 23.8 Å². The Morgan fingerprint density at radius 2 is 2.27 bits per heavy atom. The normalized spacial score (nSPS) is 19.0. The van der Waals surface area contributed by atoms with Crippen LogP contribution in [0.5, 0.6) is 0 Å². The fourth-order valence-electron chi connectivity index (χ4n) is 2.73. The van der Waals surface area contributed by atoms with Crippen molar-refractivity contribution in [2.24, 2.45) is 0 Å². The highest BCUT2D eigenvalue weighted by molar-refractivity contribution is 7.13. The fourth-order valence-corrected chi connectivity index (χ4v) is 3.48. The lowest BCUT2D eigenvalue weighted by Crippen LogP contribution is -2.46. The predicted octanol–water partition coefficient (Wildman–Crippen LogP) is 1.70. The Bertz CT molecular complexity index is 630. The summed E-state index contributed by atoms with van der Waals surface area (Å²) in [4.78, 5) is 26.6. The maximum atomic E-state index is 11.2. The molecular weight excluding hydrogens is 298 g/mol. The number of thiazole rings is 1. The van der Waals surface area contributed by atoms with E-state index in [4.69, 9.17) is 0 Å². The molecule has 7 heteroatoms. The Morgan fingerprint density at radius 1 is 1.45 bits per heavy atom. The monoisotopic (exact) mass is 317 g/mol. The van der Waals surface area contributed by atoms with E-state index in [0.29, 0.717) is 5.82 Å². The van der Waals surface area contributed by atoms with E-state index in [2.05, 4.69) is 30.5 Å². The second-order valence-corrected chi connectivity index (χ2v) is 6.35. The number of hydrogen-bond acceptors (Lipinski definition) is 6. The number of rotatable bonds is 4. The van der Waals surface area contributed by atoms with Gasteiger partial charge in [-0.05, 0) is 25.5 Å². The summed E-state index contributed by atoms with van der Waals surface area (Å²) in [5, 5.41) is 5.93. The number of piperidine rings is 1. The molecule has 1 aliphatic heterocycles. The van der Waals surface area contributed by atoms with Crippen molar-refractivity contribution in [3.8, 4) is 10.8 Å². The van der Waals surface area contributed by atoms with Gasteiger partial charge >= 0.3 is 0 Å². The van der Waals surface area contributed by atoms with Crippen LogP contribution in [0.25, 0.3) is 10.8 Å². The van der Waals surface area contributed by atoms with Gasteiger partial charge in [-0.2, -0.15) is 0 Å². The van der Waals surface area contributed by atoms with Crippen LogP contribution in [0.4, 0.5) is 0 Å². The van der Waals surface area contributed by atoms with Crippen molar-refractivity contribution in [2.75, 3.05) is 13.1 Å². The van der Waals surface area contributed by atoms with Crippen LogP contribution in [0.3, 0.4) is 0 Å². The fraction of sp³-hybridized carbons (Fsp3) is 0.467. The van der Waals surface area contributed by atoms with Gasteiger partial charge in [0.2, 0.25) is 5.91 Å². The number of aromatic nitrogens is 3. The smallest absolute Gasteiger partial charge is 0.217 e. The van der Waals surface area contributed by atoms with Crippen molar-refractivity contribution in [3.63, 3.8) is 0 Å². The van der Waals surface area contributed by atoms with Gasteiger partial charge in [0.15, 0.2) is 10.8 Å². The van der Waals surface area contributed by atoms with E-state index >= 15 is 0 Å². The minimum absolute atomic E-state index is 0.0454. The van der Waals surface area contributed by atoms with Crippen molar-refractivity contribution >= 4 is 17.2 Å². The molecule has 6 nitrogen and oxygen atoms in total. The molecule has 0 saturated carbocycles. The van der Waals surface area contributed by atoms with Gasteiger partial charge in [0, 0.05) is 43.8 Å². The van der Waals surface area contributed by atoms with Gasteiger partial charge in [-0.15, -0.1) is 11.3 Å². The molecule has 1 aliphatic rings. The van der Waals surface area contributed by atoms with Gasteiger partial charge < -0.3 is 5.32 Å². The van der Waals surface area contributed by atoms with Crippen LogP contribution >= 0.6 is 11.3 Å². The molecule has 0 aromatic carbocycles. The zero-order valence-corrected chi connectivity index (χ0v) is 13.3. The maximum absolute atomic E-state index is 11.2. The van der Waals surface area contributed by atoms with Crippen LogP contribution in [0.2, 0.25) is 0 Å². The lowest BCUT2D eigenvalue weighted by Gasteiger charge is -2.32. The van der Waals surface area contributed by atoms with E-state index in [-0.39, 0.29) is 11.9 Å². The quantitative estimate of drug-likeness (QED) is 0.929. The molecule has 2 aromatic heterocycles. The number of likely N-dealkylation sites (tertiary alicyclic amines) is 1. The Morgan fingerprint density at radius 3 is 3.05 bits per heavy atom. The highest BCUT2D eigenvalue weighted by Crippen LogP contribution is 2.21. The van der Waals surface area contributed by atoms with Crippen molar-refractivity contribution in [2.45, 2.75) is 32.4 Å². The summed E-state index contributed by atoms with van der Waals surface area (Å²) < 4.78 is 0. The van der Waals surface area contributed by atoms with E-state index in [1.807, 2.05) is 0 Å². The zero-order valence-electron chi connectivity index (χ0n) is 12.5. The number of nitrogens with zero attached hydrogens (tertiary/aromatic N) is 4. The molecule has 1 N–H and O–H groups in total. The molecular formula is C15H19N5OS. The second-order valence-electron chi connectivity index (χ2n) is 5.49. The average molecular weight is 317 g/mol. The highest BCUT2D eigenvalue weighted by atomic mass is 32.1. The van der Waals surface area contributed by atoms with Crippen LogP contribution in [-0.4, -0.2) is 44.9 Å². The summed E-state index contributed by atoms with van der Waals surface area (Å²) >= 11 is 1.57. The van der Waals surface area contributed by atoms with Crippen molar-refractivity contribution < 1.29 is 4.79 Å². The third-order valence-corrected chi connectivity index (χ3v) is 4.49. The van der Waals surface area contributed by atoms with Gasteiger partial charge in [-0.1, -0.05) is 0 Å². The van der Waals surface area contributed by atoms with Crippen LogP contribution in [0.1, 0.15) is 25.5 Å². The molecule has 2 aromatic rings. The number of nitrogens with one attached hydrogen (secondary N) is 1. The lowest BCUT2D eigenvalue weighted by molar-refractivity contribution is -0.120. The van der Waals surface area contributed by atoms with Crippen molar-refractivity contribution in [1.82, 2.24) is 25.2 Å². The van der Waals surface area contributed by atoms with Gasteiger partial charge in [0.25, 0.3) is 0 Å². The average Bonchev–Trinajstić information content (AvgIpc) is 2.96. The van der Waals surface area contributed by atoms with Crippen LogP contribution in [0, 0.1) is 0 Å². The molecule has 22 heavy (non-hydrogen) atoms. The summed E-state index contributed by atoms with van der Waals surface area (Å²) in [6.07, 6.45) is 5.61. The number of carbonyl (C=O) groups excluding carboxylic acids is 1. The minimum Gasteiger partial charge on any atom is -0.352 e. The van der Waals surface area contributed by atoms with Gasteiger partial charge in [-0.3, -0.25) is 9.69 Å². The first kappa shape index (κ1) is 15.1. The summed E-state index contributed by atoms with van der Waals surface area (Å²) in [5.74, 6) is 0.720. The van der Waals surface area contributed by atoms with E-state index in [1.165, 1.54) is 0 Å². The first-order chi connectivity index (χ1) is 10.7. The molecule has 1 atom stereocenters. The Balaban J connectivity index is 1.61. The van der Waals surface area contributed by atoms with E-state index in [0.717, 1.165) is 43.2 Å². The minimum atomic E-state index is 0.0454. The first-order valence-corrected chi connectivity index (χ1v) is 8.30. The third-order valence-electron chi connectivity index (χ3n) is 3.61. The SMILES string of the molecule is CC(=O)N[C@H]1CCCN(Cc2csc(-c3ncccn3)n2)C1. The largest absolute Gasteiger partial charge is 0.352 e. The van der Waals surface area contributed by atoms with Crippen molar-refractivity contribution in [1.29, 1.82) is 0 Å². The Kier molecular flexibility index (Phi) is 4.74. The zero-order chi connectivity index (χ0) is 15.4.